The third kappa shape index (κ3) is 2.49. The molecule has 0 atom stereocenters. The molecule has 0 spiro atoms. The van der Waals surface area contributed by atoms with Gasteiger partial charge in [0, 0.05) is 18.8 Å². The predicted molar refractivity (Wildman–Crippen MR) is 61.1 cm³/mol. The second-order valence-corrected chi connectivity index (χ2v) is 3.29. The molecule has 1 aromatic carbocycles. The number of nitrogens with zero attached hydrogens (tertiary/aromatic N) is 2. The first kappa shape index (κ1) is 12.0. The highest BCUT2D eigenvalue weighted by molar-refractivity contribution is 5.55. The molecular weight excluding hydrogens is 208 g/mol. The summed E-state index contributed by atoms with van der Waals surface area (Å²) < 4.78 is 0. The molecule has 5 nitrogen and oxygen atoms in total. The van der Waals surface area contributed by atoms with Crippen LogP contribution in [0.2, 0.25) is 0 Å². The van der Waals surface area contributed by atoms with Crippen molar-refractivity contribution in [1.29, 1.82) is 0 Å². The highest BCUT2D eigenvalue weighted by Gasteiger charge is 2.14. The summed E-state index contributed by atoms with van der Waals surface area (Å²) in [7, 11) is 1.78. The minimum absolute atomic E-state index is 0.0830. The molecule has 0 heterocycles. The molecule has 1 N–H and O–H groups in total. The maximum Gasteiger partial charge on any atom is 0.275 e. The molecule has 0 radical (unpaired) electrons. The molecule has 0 bridgehead atoms. The molecule has 16 heavy (non-hydrogen) atoms. The number of aliphatic hydroxyl groups excluding tert-OH is 1. The summed E-state index contributed by atoms with van der Waals surface area (Å²) in [5, 5.41) is 19.7. The van der Waals surface area contributed by atoms with Crippen LogP contribution in [0.1, 0.15) is 5.56 Å². The van der Waals surface area contributed by atoms with E-state index in [-0.39, 0.29) is 17.9 Å². The molecule has 1 aromatic rings. The quantitative estimate of drug-likeness (QED) is 0.469. The van der Waals surface area contributed by atoms with Crippen molar-refractivity contribution in [3.05, 3.63) is 33.9 Å². The Morgan fingerprint density at radius 3 is 2.81 bits per heavy atom. The Morgan fingerprint density at radius 1 is 1.62 bits per heavy atom. The SMILES string of the molecule is C#CCN(C)c1ccc([N+](=O)[O-])c(CO)c1. The molecule has 0 amide bonds. The molecule has 0 aliphatic heterocycles. The van der Waals surface area contributed by atoms with Crippen molar-refractivity contribution in [3.8, 4) is 12.3 Å². The van der Waals surface area contributed by atoms with Crippen LogP contribution in [0.25, 0.3) is 0 Å². The van der Waals surface area contributed by atoms with Gasteiger partial charge in [0.1, 0.15) is 0 Å². The standard InChI is InChI=1S/C11H12N2O3/c1-3-6-12(2)10-4-5-11(13(15)16)9(7-10)8-14/h1,4-5,7,14H,6,8H2,2H3. The molecule has 0 aliphatic carbocycles. The Labute approximate surface area is 93.5 Å². The van der Waals surface area contributed by atoms with Crippen molar-refractivity contribution in [2.45, 2.75) is 6.61 Å². The van der Waals surface area contributed by atoms with Crippen LogP contribution in [-0.4, -0.2) is 23.6 Å². The van der Waals surface area contributed by atoms with Gasteiger partial charge in [-0.15, -0.1) is 6.42 Å². The van der Waals surface area contributed by atoms with Crippen LogP contribution < -0.4 is 4.90 Å². The smallest absolute Gasteiger partial charge is 0.275 e. The molecule has 0 aromatic heterocycles. The lowest BCUT2D eigenvalue weighted by Gasteiger charge is -2.16. The van der Waals surface area contributed by atoms with Gasteiger partial charge < -0.3 is 10.0 Å². The first-order valence-electron chi connectivity index (χ1n) is 4.63. The van der Waals surface area contributed by atoms with E-state index in [0.29, 0.717) is 6.54 Å². The highest BCUT2D eigenvalue weighted by atomic mass is 16.6. The Balaban J connectivity index is 3.09. The van der Waals surface area contributed by atoms with E-state index >= 15 is 0 Å². The fourth-order valence-electron chi connectivity index (χ4n) is 1.34. The predicted octanol–water partition coefficient (Wildman–Crippen LogP) is 1.16. The Bertz CT molecular complexity index is 437. The van der Waals surface area contributed by atoms with Gasteiger partial charge in [0.15, 0.2) is 0 Å². The van der Waals surface area contributed by atoms with Crippen LogP contribution >= 0.6 is 0 Å². The number of hydrogen-bond acceptors (Lipinski definition) is 4. The van der Waals surface area contributed by atoms with E-state index in [1.807, 2.05) is 0 Å². The van der Waals surface area contributed by atoms with E-state index in [2.05, 4.69) is 5.92 Å². The summed E-state index contributed by atoms with van der Waals surface area (Å²) in [5.74, 6) is 2.47. The summed E-state index contributed by atoms with van der Waals surface area (Å²) in [6.45, 7) is 0.0384. The van der Waals surface area contributed by atoms with Crippen LogP contribution in [0.5, 0.6) is 0 Å². The molecule has 84 valence electrons. The summed E-state index contributed by atoms with van der Waals surface area (Å²) in [5.41, 5.74) is 0.944. The average Bonchev–Trinajstić information content (AvgIpc) is 2.28. The number of nitro groups is 1. The first-order chi connectivity index (χ1) is 7.60. The Hall–Kier alpha value is -2.06. The van der Waals surface area contributed by atoms with Crippen molar-refractivity contribution in [3.63, 3.8) is 0 Å². The van der Waals surface area contributed by atoms with Crippen molar-refractivity contribution >= 4 is 11.4 Å². The Morgan fingerprint density at radius 2 is 2.31 bits per heavy atom. The number of nitro benzene ring substituents is 1. The number of rotatable bonds is 4. The second kappa shape index (κ2) is 5.14. The lowest BCUT2D eigenvalue weighted by molar-refractivity contribution is -0.385. The van der Waals surface area contributed by atoms with Crippen LogP contribution in [0.15, 0.2) is 18.2 Å². The monoisotopic (exact) mass is 220 g/mol. The third-order valence-corrected chi connectivity index (χ3v) is 2.20. The van der Waals surface area contributed by atoms with Crippen LogP contribution in [0.3, 0.4) is 0 Å². The Kier molecular flexibility index (Phi) is 3.86. The van der Waals surface area contributed by atoms with Gasteiger partial charge >= 0.3 is 0 Å². The molecule has 0 saturated carbocycles. The summed E-state index contributed by atoms with van der Waals surface area (Å²) >= 11 is 0. The normalized spacial score (nSPS) is 9.56. The number of benzene rings is 1. The van der Waals surface area contributed by atoms with Gasteiger partial charge in [-0.05, 0) is 12.1 Å². The minimum atomic E-state index is -0.517. The molecule has 0 fully saturated rings. The zero-order valence-corrected chi connectivity index (χ0v) is 8.88. The maximum absolute atomic E-state index is 10.6. The summed E-state index contributed by atoms with van der Waals surface area (Å²) in [4.78, 5) is 11.9. The van der Waals surface area contributed by atoms with Gasteiger partial charge in [0.25, 0.3) is 5.69 Å². The van der Waals surface area contributed by atoms with Crippen molar-refractivity contribution < 1.29 is 10.0 Å². The van der Waals surface area contributed by atoms with E-state index in [1.54, 1.807) is 24.1 Å². The lowest BCUT2D eigenvalue weighted by atomic mass is 10.1. The topological polar surface area (TPSA) is 66.6 Å². The van der Waals surface area contributed by atoms with Gasteiger partial charge in [-0.3, -0.25) is 10.1 Å². The van der Waals surface area contributed by atoms with Crippen LogP contribution in [0.4, 0.5) is 11.4 Å². The van der Waals surface area contributed by atoms with Gasteiger partial charge in [-0.1, -0.05) is 5.92 Å². The average molecular weight is 220 g/mol. The molecular formula is C11H12N2O3. The van der Waals surface area contributed by atoms with E-state index < -0.39 is 4.92 Å². The zero-order valence-electron chi connectivity index (χ0n) is 8.88. The minimum Gasteiger partial charge on any atom is -0.391 e. The number of terminal acetylenes is 1. The van der Waals surface area contributed by atoms with E-state index in [4.69, 9.17) is 11.5 Å². The summed E-state index contributed by atoms with van der Waals surface area (Å²) in [6, 6.07) is 4.54. The van der Waals surface area contributed by atoms with Gasteiger partial charge in [0.05, 0.1) is 23.6 Å². The molecule has 1 rings (SSSR count). The van der Waals surface area contributed by atoms with E-state index in [1.165, 1.54) is 6.07 Å². The number of aliphatic hydroxyl groups is 1. The molecule has 5 heteroatoms. The van der Waals surface area contributed by atoms with E-state index in [9.17, 15) is 10.1 Å². The fourth-order valence-corrected chi connectivity index (χ4v) is 1.34. The fraction of sp³-hybridized carbons (Fsp3) is 0.273. The van der Waals surface area contributed by atoms with Gasteiger partial charge in [0.2, 0.25) is 0 Å². The third-order valence-electron chi connectivity index (χ3n) is 2.20. The van der Waals surface area contributed by atoms with Crippen LogP contribution in [-0.2, 0) is 6.61 Å². The van der Waals surface area contributed by atoms with Gasteiger partial charge in [-0.25, -0.2) is 0 Å². The van der Waals surface area contributed by atoms with Crippen molar-refractivity contribution in [2.24, 2.45) is 0 Å². The first-order valence-corrected chi connectivity index (χ1v) is 4.63. The lowest BCUT2D eigenvalue weighted by Crippen LogP contribution is -2.17. The highest BCUT2D eigenvalue weighted by Crippen LogP contribution is 2.24. The van der Waals surface area contributed by atoms with E-state index in [0.717, 1.165) is 5.69 Å². The van der Waals surface area contributed by atoms with Crippen molar-refractivity contribution in [1.82, 2.24) is 0 Å². The molecule has 0 unspecified atom stereocenters. The molecule has 0 saturated heterocycles. The maximum atomic E-state index is 10.6. The second-order valence-electron chi connectivity index (χ2n) is 3.29. The summed E-state index contributed by atoms with van der Waals surface area (Å²) in [6.07, 6.45) is 5.17. The van der Waals surface area contributed by atoms with Crippen LogP contribution in [0, 0.1) is 22.5 Å². The largest absolute Gasteiger partial charge is 0.391 e. The number of anilines is 1. The number of hydrogen-bond donors (Lipinski definition) is 1. The van der Waals surface area contributed by atoms with Crippen molar-refractivity contribution in [2.75, 3.05) is 18.5 Å². The molecule has 0 aliphatic rings. The van der Waals surface area contributed by atoms with Gasteiger partial charge in [-0.2, -0.15) is 0 Å². The zero-order chi connectivity index (χ0) is 12.1.